The van der Waals surface area contributed by atoms with E-state index in [1.165, 1.54) is 6.42 Å². The summed E-state index contributed by atoms with van der Waals surface area (Å²) in [4.78, 5) is 8.16. The van der Waals surface area contributed by atoms with Crippen LogP contribution in [0, 0.1) is 11.3 Å². The van der Waals surface area contributed by atoms with Crippen molar-refractivity contribution in [2.24, 2.45) is 0 Å². The second-order valence-corrected chi connectivity index (χ2v) is 3.98. The summed E-state index contributed by atoms with van der Waals surface area (Å²) >= 11 is 0. The first-order valence-corrected chi connectivity index (χ1v) is 5.29. The van der Waals surface area contributed by atoms with Crippen LogP contribution < -0.4 is 5.32 Å². The van der Waals surface area contributed by atoms with Gasteiger partial charge in [0.05, 0.1) is 0 Å². The van der Waals surface area contributed by atoms with Crippen LogP contribution in [0.15, 0.2) is 12.4 Å². The fraction of sp³-hybridized carbons (Fsp3) is 0.545. The molecule has 0 aromatic carbocycles. The molecule has 2 rings (SSSR count). The Morgan fingerprint density at radius 2 is 2.20 bits per heavy atom. The zero-order valence-electron chi connectivity index (χ0n) is 8.82. The van der Waals surface area contributed by atoms with Crippen LogP contribution in [-0.2, 0) is 0 Å². The van der Waals surface area contributed by atoms with E-state index in [1.807, 2.05) is 0 Å². The molecule has 0 amide bonds. The molecule has 1 N–H and O–H groups in total. The first-order chi connectivity index (χ1) is 7.29. The average molecular weight is 202 g/mol. The summed E-state index contributed by atoms with van der Waals surface area (Å²) in [5, 5.41) is 12.3. The van der Waals surface area contributed by atoms with Crippen LogP contribution in [0.5, 0.6) is 0 Å². The fourth-order valence-electron chi connectivity index (χ4n) is 1.93. The van der Waals surface area contributed by atoms with Crippen LogP contribution in [0.2, 0.25) is 0 Å². The quantitative estimate of drug-likeness (QED) is 0.815. The predicted octanol–water partition coefficient (Wildman–Crippen LogP) is 2.09. The van der Waals surface area contributed by atoms with Crippen LogP contribution in [0.3, 0.4) is 0 Å². The maximum absolute atomic E-state index is 8.89. The highest BCUT2D eigenvalue weighted by Gasteiger charge is 2.35. The third kappa shape index (κ3) is 1.78. The molecule has 0 aliphatic heterocycles. The van der Waals surface area contributed by atoms with Crippen molar-refractivity contribution >= 4 is 5.82 Å². The molecule has 0 atom stereocenters. The first kappa shape index (κ1) is 9.91. The topological polar surface area (TPSA) is 61.6 Å². The number of nitrogens with one attached hydrogen (secondary N) is 1. The summed E-state index contributed by atoms with van der Waals surface area (Å²) in [6.07, 6.45) is 7.79. The SMILES string of the molecule is CCC1(Nc2nccnc2C#N)CCC1. The highest BCUT2D eigenvalue weighted by Crippen LogP contribution is 2.37. The van der Waals surface area contributed by atoms with Crippen molar-refractivity contribution in [3.8, 4) is 6.07 Å². The van der Waals surface area contributed by atoms with Crippen LogP contribution >= 0.6 is 0 Å². The van der Waals surface area contributed by atoms with Crippen molar-refractivity contribution in [1.29, 1.82) is 5.26 Å². The van der Waals surface area contributed by atoms with E-state index in [-0.39, 0.29) is 5.54 Å². The minimum atomic E-state index is 0.154. The molecule has 0 unspecified atom stereocenters. The minimum absolute atomic E-state index is 0.154. The molecular formula is C11H14N4. The maximum atomic E-state index is 8.89. The molecule has 15 heavy (non-hydrogen) atoms. The van der Waals surface area contributed by atoms with E-state index < -0.39 is 0 Å². The van der Waals surface area contributed by atoms with Crippen LogP contribution in [0.25, 0.3) is 0 Å². The molecule has 1 saturated carbocycles. The molecule has 4 nitrogen and oxygen atoms in total. The second kappa shape index (κ2) is 3.85. The molecule has 0 spiro atoms. The van der Waals surface area contributed by atoms with Crippen molar-refractivity contribution in [2.45, 2.75) is 38.1 Å². The van der Waals surface area contributed by atoms with Gasteiger partial charge in [0.15, 0.2) is 11.5 Å². The van der Waals surface area contributed by atoms with Gasteiger partial charge in [-0.15, -0.1) is 0 Å². The summed E-state index contributed by atoms with van der Waals surface area (Å²) in [6.45, 7) is 2.16. The number of nitrogens with zero attached hydrogens (tertiary/aromatic N) is 3. The van der Waals surface area contributed by atoms with E-state index in [1.54, 1.807) is 12.4 Å². The smallest absolute Gasteiger partial charge is 0.182 e. The molecule has 1 aliphatic rings. The van der Waals surface area contributed by atoms with Gasteiger partial charge in [0.1, 0.15) is 6.07 Å². The summed E-state index contributed by atoms with van der Waals surface area (Å²) in [7, 11) is 0. The lowest BCUT2D eigenvalue weighted by atomic mass is 9.75. The Hall–Kier alpha value is -1.63. The second-order valence-electron chi connectivity index (χ2n) is 3.98. The van der Waals surface area contributed by atoms with E-state index >= 15 is 0 Å². The Morgan fingerprint density at radius 1 is 1.47 bits per heavy atom. The summed E-state index contributed by atoms with van der Waals surface area (Å²) in [5.74, 6) is 0.626. The fourth-order valence-corrected chi connectivity index (χ4v) is 1.93. The number of anilines is 1. The van der Waals surface area contributed by atoms with Gasteiger partial charge in [-0.1, -0.05) is 6.92 Å². The van der Waals surface area contributed by atoms with Crippen molar-refractivity contribution in [1.82, 2.24) is 9.97 Å². The van der Waals surface area contributed by atoms with E-state index in [2.05, 4.69) is 28.3 Å². The Bertz CT molecular complexity index is 384. The molecule has 0 radical (unpaired) electrons. The summed E-state index contributed by atoms with van der Waals surface area (Å²) in [6, 6.07) is 2.05. The van der Waals surface area contributed by atoms with Crippen LogP contribution in [-0.4, -0.2) is 15.5 Å². The van der Waals surface area contributed by atoms with Gasteiger partial charge in [0, 0.05) is 17.9 Å². The average Bonchev–Trinajstić information content (AvgIpc) is 2.24. The number of aromatic nitrogens is 2. The van der Waals surface area contributed by atoms with Crippen molar-refractivity contribution in [3.05, 3.63) is 18.1 Å². The van der Waals surface area contributed by atoms with Gasteiger partial charge in [-0.05, 0) is 25.7 Å². The molecule has 0 bridgehead atoms. The molecule has 78 valence electrons. The van der Waals surface area contributed by atoms with E-state index in [0.717, 1.165) is 19.3 Å². The maximum Gasteiger partial charge on any atom is 0.182 e. The highest BCUT2D eigenvalue weighted by atomic mass is 15.1. The number of hydrogen-bond acceptors (Lipinski definition) is 4. The number of hydrogen-bond donors (Lipinski definition) is 1. The molecule has 1 aromatic heterocycles. The van der Waals surface area contributed by atoms with Gasteiger partial charge in [-0.3, -0.25) is 0 Å². The van der Waals surface area contributed by atoms with E-state index in [9.17, 15) is 0 Å². The van der Waals surface area contributed by atoms with Gasteiger partial charge < -0.3 is 5.32 Å². The Balaban J connectivity index is 2.20. The lowest BCUT2D eigenvalue weighted by Gasteiger charge is -2.42. The van der Waals surface area contributed by atoms with Gasteiger partial charge in [0.25, 0.3) is 0 Å². The summed E-state index contributed by atoms with van der Waals surface area (Å²) in [5.41, 5.74) is 0.541. The predicted molar refractivity (Wildman–Crippen MR) is 57.2 cm³/mol. The first-order valence-electron chi connectivity index (χ1n) is 5.29. The Morgan fingerprint density at radius 3 is 2.73 bits per heavy atom. The monoisotopic (exact) mass is 202 g/mol. The minimum Gasteiger partial charge on any atom is -0.362 e. The van der Waals surface area contributed by atoms with Gasteiger partial charge in [-0.2, -0.15) is 5.26 Å². The van der Waals surface area contributed by atoms with Crippen LogP contribution in [0.4, 0.5) is 5.82 Å². The third-order valence-corrected chi connectivity index (χ3v) is 3.18. The van der Waals surface area contributed by atoms with Crippen LogP contribution in [0.1, 0.15) is 38.3 Å². The van der Waals surface area contributed by atoms with Crippen molar-refractivity contribution in [3.63, 3.8) is 0 Å². The zero-order chi connectivity index (χ0) is 10.7. The van der Waals surface area contributed by atoms with Crippen molar-refractivity contribution in [2.75, 3.05) is 5.32 Å². The molecule has 1 aromatic rings. The highest BCUT2D eigenvalue weighted by molar-refractivity contribution is 5.49. The molecular weight excluding hydrogens is 188 g/mol. The van der Waals surface area contributed by atoms with Crippen molar-refractivity contribution < 1.29 is 0 Å². The number of rotatable bonds is 3. The van der Waals surface area contributed by atoms with Gasteiger partial charge in [-0.25, -0.2) is 9.97 Å². The number of nitriles is 1. The lowest BCUT2D eigenvalue weighted by molar-refractivity contribution is 0.268. The normalized spacial score (nSPS) is 17.6. The largest absolute Gasteiger partial charge is 0.362 e. The van der Waals surface area contributed by atoms with E-state index in [0.29, 0.717) is 11.5 Å². The third-order valence-electron chi connectivity index (χ3n) is 3.18. The van der Waals surface area contributed by atoms with Gasteiger partial charge >= 0.3 is 0 Å². The van der Waals surface area contributed by atoms with Gasteiger partial charge in [0.2, 0.25) is 0 Å². The lowest BCUT2D eigenvalue weighted by Crippen LogP contribution is -2.44. The molecule has 4 heteroatoms. The van der Waals surface area contributed by atoms with E-state index in [4.69, 9.17) is 5.26 Å². The Labute approximate surface area is 89.4 Å². The summed E-state index contributed by atoms with van der Waals surface area (Å²) < 4.78 is 0. The molecule has 0 saturated heterocycles. The Kier molecular flexibility index (Phi) is 2.55. The zero-order valence-corrected chi connectivity index (χ0v) is 8.82. The molecule has 1 heterocycles. The molecule has 1 fully saturated rings. The standard InChI is InChI=1S/C11H14N4/c1-2-11(4-3-5-11)15-10-9(8-12)13-6-7-14-10/h6-7H,2-5H2,1H3,(H,14,15). The molecule has 1 aliphatic carbocycles.